The SMILES string of the molecule is CC(=O)N/N=C/C(O)CO. The van der Waals surface area contributed by atoms with Gasteiger partial charge >= 0.3 is 0 Å². The van der Waals surface area contributed by atoms with Crippen LogP contribution in [0, 0.1) is 0 Å². The molecule has 10 heavy (non-hydrogen) atoms. The Morgan fingerprint density at radius 3 is 2.90 bits per heavy atom. The molecule has 0 aromatic heterocycles. The van der Waals surface area contributed by atoms with Gasteiger partial charge in [0.25, 0.3) is 0 Å². The van der Waals surface area contributed by atoms with E-state index in [1.807, 2.05) is 0 Å². The van der Waals surface area contributed by atoms with Crippen LogP contribution in [0.5, 0.6) is 0 Å². The lowest BCUT2D eigenvalue weighted by atomic mass is 10.4. The summed E-state index contributed by atoms with van der Waals surface area (Å²) >= 11 is 0. The van der Waals surface area contributed by atoms with Crippen LogP contribution in [0.15, 0.2) is 5.10 Å². The summed E-state index contributed by atoms with van der Waals surface area (Å²) in [6.45, 7) is 0.895. The van der Waals surface area contributed by atoms with Crippen LogP contribution in [0.2, 0.25) is 0 Å². The second-order valence-corrected chi connectivity index (χ2v) is 1.70. The van der Waals surface area contributed by atoms with E-state index >= 15 is 0 Å². The molecule has 1 unspecified atom stereocenters. The first-order valence-corrected chi connectivity index (χ1v) is 2.75. The number of aliphatic hydroxyl groups is 2. The highest BCUT2D eigenvalue weighted by molar-refractivity contribution is 5.74. The lowest BCUT2D eigenvalue weighted by Gasteiger charge is -1.96. The number of hydrazone groups is 1. The molecule has 0 aromatic carbocycles. The van der Waals surface area contributed by atoms with E-state index in [9.17, 15) is 4.79 Å². The molecule has 0 spiro atoms. The standard InChI is InChI=1S/C5H10N2O3/c1-4(9)7-6-2-5(10)3-8/h2,5,8,10H,3H2,1H3,(H,7,9)/b6-2+. The summed E-state index contributed by atoms with van der Waals surface area (Å²) in [6.07, 6.45) is 0.0355. The maximum Gasteiger partial charge on any atom is 0.236 e. The van der Waals surface area contributed by atoms with Gasteiger partial charge in [-0.2, -0.15) is 5.10 Å². The van der Waals surface area contributed by atoms with Crippen molar-refractivity contribution in [3.05, 3.63) is 0 Å². The Kier molecular flexibility index (Phi) is 4.43. The number of hydrogen-bond acceptors (Lipinski definition) is 4. The molecular weight excluding hydrogens is 136 g/mol. The average Bonchev–Trinajstić information content (AvgIpc) is 1.87. The van der Waals surface area contributed by atoms with Crippen LogP contribution in [-0.4, -0.2) is 35.0 Å². The summed E-state index contributed by atoms with van der Waals surface area (Å²) in [5.74, 6) is -0.318. The Labute approximate surface area is 58.4 Å². The fraction of sp³-hybridized carbons (Fsp3) is 0.600. The number of carbonyl (C=O) groups excluding carboxylic acids is 1. The summed E-state index contributed by atoms with van der Waals surface area (Å²) in [4.78, 5) is 10.1. The molecule has 0 saturated heterocycles. The van der Waals surface area contributed by atoms with E-state index in [2.05, 4.69) is 10.5 Å². The van der Waals surface area contributed by atoms with Crippen molar-refractivity contribution in [2.24, 2.45) is 5.10 Å². The third-order valence-electron chi connectivity index (χ3n) is 0.656. The van der Waals surface area contributed by atoms with Crippen LogP contribution < -0.4 is 5.43 Å². The van der Waals surface area contributed by atoms with Gasteiger partial charge in [-0.25, -0.2) is 5.43 Å². The summed E-state index contributed by atoms with van der Waals surface area (Å²) in [5.41, 5.74) is 2.07. The molecule has 0 aliphatic carbocycles. The van der Waals surface area contributed by atoms with Crippen molar-refractivity contribution in [3.8, 4) is 0 Å². The number of rotatable bonds is 3. The van der Waals surface area contributed by atoms with E-state index < -0.39 is 12.7 Å². The Bertz CT molecular complexity index is 135. The second-order valence-electron chi connectivity index (χ2n) is 1.70. The van der Waals surface area contributed by atoms with Gasteiger partial charge in [0.1, 0.15) is 6.10 Å². The minimum absolute atomic E-state index is 0.318. The van der Waals surface area contributed by atoms with Crippen LogP contribution in [0.4, 0.5) is 0 Å². The number of amides is 1. The van der Waals surface area contributed by atoms with Gasteiger partial charge in [-0.3, -0.25) is 4.79 Å². The number of nitrogens with one attached hydrogen (secondary N) is 1. The van der Waals surface area contributed by atoms with Gasteiger partial charge < -0.3 is 10.2 Å². The second kappa shape index (κ2) is 4.89. The Hall–Kier alpha value is -0.940. The van der Waals surface area contributed by atoms with E-state index in [0.29, 0.717) is 0 Å². The number of aliphatic hydroxyl groups excluding tert-OH is 2. The zero-order chi connectivity index (χ0) is 7.98. The Balaban J connectivity index is 3.45. The first kappa shape index (κ1) is 9.06. The van der Waals surface area contributed by atoms with Gasteiger partial charge in [0, 0.05) is 6.92 Å². The highest BCUT2D eigenvalue weighted by Crippen LogP contribution is 1.72. The predicted octanol–water partition coefficient (Wildman–Crippen LogP) is -1.54. The topological polar surface area (TPSA) is 81.9 Å². The maximum atomic E-state index is 10.1. The molecule has 0 aliphatic rings. The molecule has 0 rings (SSSR count). The van der Waals surface area contributed by atoms with E-state index in [4.69, 9.17) is 10.2 Å². The summed E-state index contributed by atoms with van der Waals surface area (Å²) < 4.78 is 0. The van der Waals surface area contributed by atoms with Crippen molar-refractivity contribution < 1.29 is 15.0 Å². The molecular formula is C5H10N2O3. The molecule has 0 heterocycles. The Morgan fingerprint density at radius 1 is 1.90 bits per heavy atom. The lowest BCUT2D eigenvalue weighted by molar-refractivity contribution is -0.118. The van der Waals surface area contributed by atoms with Crippen LogP contribution in [0.1, 0.15) is 6.92 Å². The van der Waals surface area contributed by atoms with Crippen molar-refractivity contribution in [2.75, 3.05) is 6.61 Å². The molecule has 3 N–H and O–H groups in total. The number of carbonyl (C=O) groups is 1. The molecule has 58 valence electrons. The highest BCUT2D eigenvalue weighted by Gasteiger charge is 1.93. The van der Waals surface area contributed by atoms with Crippen molar-refractivity contribution in [3.63, 3.8) is 0 Å². The van der Waals surface area contributed by atoms with Crippen molar-refractivity contribution in [1.82, 2.24) is 5.43 Å². The van der Waals surface area contributed by atoms with Gasteiger partial charge in [0.05, 0.1) is 12.8 Å². The number of nitrogens with zero attached hydrogens (tertiary/aromatic N) is 1. The minimum Gasteiger partial charge on any atom is -0.393 e. The molecule has 0 aromatic rings. The molecule has 5 heteroatoms. The summed E-state index contributed by atoms with van der Waals surface area (Å²) in [7, 11) is 0. The van der Waals surface area contributed by atoms with Crippen LogP contribution >= 0.6 is 0 Å². The van der Waals surface area contributed by atoms with Gasteiger partial charge in [0.2, 0.25) is 5.91 Å². The van der Waals surface area contributed by atoms with Crippen molar-refractivity contribution >= 4 is 12.1 Å². The first-order chi connectivity index (χ1) is 4.66. The molecule has 0 fully saturated rings. The van der Waals surface area contributed by atoms with Gasteiger partial charge in [-0.1, -0.05) is 0 Å². The zero-order valence-corrected chi connectivity index (χ0v) is 5.61. The van der Waals surface area contributed by atoms with Crippen LogP contribution in [0.25, 0.3) is 0 Å². The first-order valence-electron chi connectivity index (χ1n) is 2.75. The molecule has 5 nitrogen and oxygen atoms in total. The van der Waals surface area contributed by atoms with Gasteiger partial charge in [-0.15, -0.1) is 0 Å². The monoisotopic (exact) mass is 146 g/mol. The fourth-order valence-corrected chi connectivity index (χ4v) is 0.261. The minimum atomic E-state index is -1.01. The average molecular weight is 146 g/mol. The summed E-state index contributed by atoms with van der Waals surface area (Å²) in [6, 6.07) is 0. The van der Waals surface area contributed by atoms with Crippen LogP contribution in [0.3, 0.4) is 0 Å². The molecule has 0 aliphatic heterocycles. The smallest absolute Gasteiger partial charge is 0.236 e. The number of hydrogen-bond donors (Lipinski definition) is 3. The van der Waals surface area contributed by atoms with Crippen molar-refractivity contribution in [1.29, 1.82) is 0 Å². The summed E-state index contributed by atoms with van der Waals surface area (Å²) in [5, 5.41) is 20.2. The van der Waals surface area contributed by atoms with Crippen molar-refractivity contribution in [2.45, 2.75) is 13.0 Å². The normalized spacial score (nSPS) is 13.5. The van der Waals surface area contributed by atoms with Gasteiger partial charge in [0.15, 0.2) is 0 Å². The Morgan fingerprint density at radius 2 is 2.50 bits per heavy atom. The van der Waals surface area contributed by atoms with E-state index in [-0.39, 0.29) is 5.91 Å². The lowest BCUT2D eigenvalue weighted by Crippen LogP contribution is -2.18. The fourth-order valence-electron chi connectivity index (χ4n) is 0.261. The molecule has 1 amide bonds. The molecule has 0 bridgehead atoms. The predicted molar refractivity (Wildman–Crippen MR) is 35.4 cm³/mol. The third kappa shape index (κ3) is 5.20. The molecule has 1 atom stereocenters. The molecule has 0 radical (unpaired) electrons. The van der Waals surface area contributed by atoms with Gasteiger partial charge in [-0.05, 0) is 0 Å². The largest absolute Gasteiger partial charge is 0.393 e. The maximum absolute atomic E-state index is 10.1. The van der Waals surface area contributed by atoms with E-state index in [1.165, 1.54) is 6.92 Å². The van der Waals surface area contributed by atoms with Crippen LogP contribution in [-0.2, 0) is 4.79 Å². The highest BCUT2D eigenvalue weighted by atomic mass is 16.3. The third-order valence-corrected chi connectivity index (χ3v) is 0.656. The zero-order valence-electron chi connectivity index (χ0n) is 5.61. The quantitative estimate of drug-likeness (QED) is 0.333. The van der Waals surface area contributed by atoms with E-state index in [0.717, 1.165) is 6.21 Å². The van der Waals surface area contributed by atoms with E-state index in [1.54, 1.807) is 0 Å². The molecule has 0 saturated carbocycles.